The van der Waals surface area contributed by atoms with Gasteiger partial charge in [-0.2, -0.15) is 4.31 Å². The molecular weight excluding hydrogens is 436 g/mol. The third-order valence-electron chi connectivity index (χ3n) is 6.86. The number of hydrogen-bond donors (Lipinski definition) is 1. The summed E-state index contributed by atoms with van der Waals surface area (Å²) in [4.78, 5) is 17.4. The van der Waals surface area contributed by atoms with Crippen LogP contribution in [0, 0.1) is 32.6 Å². The Morgan fingerprint density at radius 3 is 2.18 bits per heavy atom. The zero-order valence-corrected chi connectivity index (χ0v) is 21.9. The number of piperidine rings is 1. The first-order valence-corrected chi connectivity index (χ1v) is 13.8. The number of rotatable bonds is 8. The number of nitrogens with one attached hydrogen (secondary N) is 1. The van der Waals surface area contributed by atoms with Gasteiger partial charge >= 0.3 is 0 Å². The number of sulfonamides is 1. The van der Waals surface area contributed by atoms with Crippen LogP contribution in [0.5, 0.6) is 0 Å². The number of carbonyl (C=O) groups is 1. The summed E-state index contributed by atoms with van der Waals surface area (Å²) in [5, 5.41) is 3.26. The Balaban J connectivity index is 1.78. The maximum absolute atomic E-state index is 13.8. The second-order valence-corrected chi connectivity index (χ2v) is 12.1. The minimum atomic E-state index is -3.71. The normalized spacial score (nSPS) is 22.7. The van der Waals surface area contributed by atoms with E-state index in [1.54, 1.807) is 4.31 Å². The van der Waals surface area contributed by atoms with Crippen LogP contribution >= 0.6 is 0 Å². The molecule has 0 radical (unpaired) electrons. The van der Waals surface area contributed by atoms with Crippen LogP contribution in [0.15, 0.2) is 17.0 Å². The van der Waals surface area contributed by atoms with E-state index in [1.807, 2.05) is 37.8 Å². The average molecular weight is 479 g/mol. The van der Waals surface area contributed by atoms with Crippen LogP contribution in [0.2, 0.25) is 0 Å². The molecule has 7 nitrogen and oxygen atoms in total. The lowest BCUT2D eigenvalue weighted by molar-refractivity contribution is -0.131. The number of piperazine rings is 1. The van der Waals surface area contributed by atoms with E-state index in [2.05, 4.69) is 24.1 Å². The Morgan fingerprint density at radius 2 is 1.61 bits per heavy atom. The van der Waals surface area contributed by atoms with E-state index in [4.69, 9.17) is 0 Å². The predicted molar refractivity (Wildman–Crippen MR) is 133 cm³/mol. The summed E-state index contributed by atoms with van der Waals surface area (Å²) in [6.07, 6.45) is 1.44. The number of amides is 1. The maximum atomic E-state index is 13.8. The Hall–Kier alpha value is -1.48. The van der Waals surface area contributed by atoms with E-state index in [1.165, 1.54) is 6.42 Å². The molecule has 0 bridgehead atoms. The lowest BCUT2D eigenvalue weighted by Crippen LogP contribution is -2.48. The summed E-state index contributed by atoms with van der Waals surface area (Å²) in [7, 11) is -3.71. The summed E-state index contributed by atoms with van der Waals surface area (Å²) in [6, 6.07) is 3.86. The topological polar surface area (TPSA) is 73.0 Å². The predicted octanol–water partition coefficient (Wildman–Crippen LogP) is 2.40. The molecule has 2 unspecified atom stereocenters. The highest BCUT2D eigenvalue weighted by atomic mass is 32.2. The van der Waals surface area contributed by atoms with Gasteiger partial charge in [0.05, 0.1) is 4.90 Å². The van der Waals surface area contributed by atoms with E-state index in [-0.39, 0.29) is 18.9 Å². The van der Waals surface area contributed by atoms with Gasteiger partial charge in [-0.25, -0.2) is 8.42 Å². The first kappa shape index (κ1) is 26.1. The fourth-order valence-corrected chi connectivity index (χ4v) is 7.42. The highest BCUT2D eigenvalue weighted by Gasteiger charge is 2.30. The van der Waals surface area contributed by atoms with Crippen LogP contribution in [-0.2, 0) is 14.8 Å². The summed E-state index contributed by atoms with van der Waals surface area (Å²) >= 11 is 0. The van der Waals surface area contributed by atoms with Gasteiger partial charge in [0.25, 0.3) is 0 Å². The number of benzene rings is 1. The highest BCUT2D eigenvalue weighted by Crippen LogP contribution is 2.26. The minimum Gasteiger partial charge on any atom is -0.340 e. The Kier molecular flexibility index (Phi) is 8.95. The van der Waals surface area contributed by atoms with Crippen LogP contribution in [0.25, 0.3) is 0 Å². The lowest BCUT2D eigenvalue weighted by atomic mass is 9.92. The number of likely N-dealkylation sites (tertiary alicyclic amines) is 1. The number of nitrogens with zero attached hydrogens (tertiary/aromatic N) is 3. The molecule has 1 aromatic rings. The maximum Gasteiger partial charge on any atom is 0.243 e. The number of aryl methyl sites for hydroxylation is 3. The van der Waals surface area contributed by atoms with Gasteiger partial charge in [0.1, 0.15) is 0 Å². The van der Waals surface area contributed by atoms with E-state index >= 15 is 0 Å². The van der Waals surface area contributed by atoms with Crippen molar-refractivity contribution in [1.29, 1.82) is 0 Å². The molecule has 1 amide bonds. The molecule has 1 N–H and O–H groups in total. The molecular formula is C25H42N4O3S. The van der Waals surface area contributed by atoms with Crippen LogP contribution in [0.1, 0.15) is 43.4 Å². The van der Waals surface area contributed by atoms with Crippen molar-refractivity contribution < 1.29 is 13.2 Å². The van der Waals surface area contributed by atoms with Crippen molar-refractivity contribution >= 4 is 15.9 Å². The van der Waals surface area contributed by atoms with Crippen LogP contribution < -0.4 is 5.32 Å². The molecule has 8 heteroatoms. The van der Waals surface area contributed by atoms with Crippen molar-refractivity contribution in [3.63, 3.8) is 0 Å². The standard InChI is InChI=1S/C25H42N4O3S/c1-19-15-22(4)25(23(5)16-19)33(31,32)29(9-6-24(30)28-10-7-26-8-11-28)13-12-27-17-20(2)14-21(3)18-27/h15-16,20-21,26H,6-14,17-18H2,1-5H3. The summed E-state index contributed by atoms with van der Waals surface area (Å²) in [6.45, 7) is 16.5. The van der Waals surface area contributed by atoms with Crippen LogP contribution in [0.4, 0.5) is 0 Å². The third-order valence-corrected chi connectivity index (χ3v) is 9.06. The fraction of sp³-hybridized carbons (Fsp3) is 0.720. The second-order valence-electron chi connectivity index (χ2n) is 10.2. The molecule has 3 rings (SSSR count). The zero-order valence-electron chi connectivity index (χ0n) is 21.1. The molecule has 2 aliphatic rings. The molecule has 33 heavy (non-hydrogen) atoms. The first-order chi connectivity index (χ1) is 15.6. The molecule has 2 aliphatic heterocycles. The summed E-state index contributed by atoms with van der Waals surface area (Å²) in [5.74, 6) is 1.28. The zero-order chi connectivity index (χ0) is 24.2. The van der Waals surface area contributed by atoms with Crippen molar-refractivity contribution in [2.45, 2.75) is 52.4 Å². The third kappa shape index (κ3) is 6.78. The monoisotopic (exact) mass is 478 g/mol. The van der Waals surface area contributed by atoms with E-state index < -0.39 is 10.0 Å². The fourth-order valence-electron chi connectivity index (χ4n) is 5.58. The Labute approximate surface area is 200 Å². The second kappa shape index (κ2) is 11.3. The quantitative estimate of drug-likeness (QED) is 0.621. The van der Waals surface area contributed by atoms with Crippen molar-refractivity contribution in [2.24, 2.45) is 11.8 Å². The van der Waals surface area contributed by atoms with Gasteiger partial charge in [0.15, 0.2) is 0 Å². The van der Waals surface area contributed by atoms with Crippen LogP contribution in [-0.4, -0.2) is 87.3 Å². The van der Waals surface area contributed by atoms with Crippen molar-refractivity contribution in [3.8, 4) is 0 Å². The summed E-state index contributed by atoms with van der Waals surface area (Å²) in [5.41, 5.74) is 2.60. The van der Waals surface area contributed by atoms with Gasteiger partial charge in [-0.3, -0.25) is 4.79 Å². The van der Waals surface area contributed by atoms with Crippen LogP contribution in [0.3, 0.4) is 0 Å². The number of carbonyl (C=O) groups excluding carboxylic acids is 1. The molecule has 2 saturated heterocycles. The largest absolute Gasteiger partial charge is 0.340 e. The molecule has 0 aliphatic carbocycles. The van der Waals surface area contributed by atoms with Gasteiger partial charge < -0.3 is 15.1 Å². The lowest BCUT2D eigenvalue weighted by Gasteiger charge is -2.36. The first-order valence-electron chi connectivity index (χ1n) is 12.4. The van der Waals surface area contributed by atoms with Gasteiger partial charge in [0.2, 0.25) is 15.9 Å². The molecule has 2 fully saturated rings. The van der Waals surface area contributed by atoms with E-state index in [0.29, 0.717) is 42.9 Å². The van der Waals surface area contributed by atoms with E-state index in [0.717, 1.165) is 42.9 Å². The van der Waals surface area contributed by atoms with Crippen molar-refractivity contribution in [2.75, 3.05) is 58.9 Å². The average Bonchev–Trinajstić information content (AvgIpc) is 2.72. The van der Waals surface area contributed by atoms with Crippen molar-refractivity contribution in [1.82, 2.24) is 19.4 Å². The molecule has 186 valence electrons. The molecule has 0 spiro atoms. The molecule has 0 aromatic heterocycles. The summed E-state index contributed by atoms with van der Waals surface area (Å²) < 4.78 is 29.3. The van der Waals surface area contributed by atoms with Gasteiger partial charge in [-0.15, -0.1) is 0 Å². The number of hydrogen-bond acceptors (Lipinski definition) is 5. The SMILES string of the molecule is Cc1cc(C)c(S(=O)(=O)N(CCC(=O)N2CCNCC2)CCN2CC(C)CC(C)C2)c(C)c1. The van der Waals surface area contributed by atoms with Gasteiger partial charge in [-0.1, -0.05) is 31.5 Å². The van der Waals surface area contributed by atoms with Gasteiger partial charge in [-0.05, 0) is 50.2 Å². The molecule has 2 atom stereocenters. The van der Waals surface area contributed by atoms with Crippen molar-refractivity contribution in [3.05, 3.63) is 28.8 Å². The minimum absolute atomic E-state index is 0.0364. The van der Waals surface area contributed by atoms with E-state index in [9.17, 15) is 13.2 Å². The Morgan fingerprint density at radius 1 is 1.03 bits per heavy atom. The highest BCUT2D eigenvalue weighted by molar-refractivity contribution is 7.89. The molecule has 1 aromatic carbocycles. The molecule has 2 heterocycles. The molecule has 0 saturated carbocycles. The van der Waals surface area contributed by atoms with Gasteiger partial charge in [0, 0.05) is 65.3 Å². The smallest absolute Gasteiger partial charge is 0.243 e. The Bertz CT molecular complexity index is 895.